The molecular weight excluding hydrogens is 308 g/mol. The third-order valence-corrected chi connectivity index (χ3v) is 4.47. The molecule has 1 saturated heterocycles. The summed E-state index contributed by atoms with van der Waals surface area (Å²) in [4.78, 5) is 12.1. The fourth-order valence-electron chi connectivity index (χ4n) is 2.66. The molecule has 0 N–H and O–H groups in total. The van der Waals surface area contributed by atoms with Gasteiger partial charge in [0.1, 0.15) is 11.3 Å². The van der Waals surface area contributed by atoms with E-state index in [2.05, 4.69) is 13.8 Å². The number of carbonyl (C=O) groups excluding carboxylic acids is 1. The molecular formula is C19H28O5. The number of hydrogen-bond donors (Lipinski definition) is 0. The summed E-state index contributed by atoms with van der Waals surface area (Å²) in [5.41, 5.74) is 1.54. The van der Waals surface area contributed by atoms with Crippen molar-refractivity contribution in [3.8, 4) is 5.75 Å². The summed E-state index contributed by atoms with van der Waals surface area (Å²) >= 11 is 0. The Hall–Kier alpha value is -1.59. The van der Waals surface area contributed by atoms with E-state index in [1.807, 2.05) is 25.1 Å². The van der Waals surface area contributed by atoms with Crippen LogP contribution in [0.2, 0.25) is 0 Å². The molecule has 0 amide bonds. The molecule has 1 aliphatic rings. The predicted molar refractivity (Wildman–Crippen MR) is 91.5 cm³/mol. The molecule has 5 nitrogen and oxygen atoms in total. The lowest BCUT2D eigenvalue weighted by Gasteiger charge is -2.20. The quantitative estimate of drug-likeness (QED) is 0.534. The van der Waals surface area contributed by atoms with Gasteiger partial charge < -0.3 is 18.9 Å². The Morgan fingerprint density at radius 1 is 1.38 bits per heavy atom. The van der Waals surface area contributed by atoms with Crippen molar-refractivity contribution >= 4 is 5.97 Å². The fraction of sp³-hybridized carbons (Fsp3) is 0.632. The first-order valence-electron chi connectivity index (χ1n) is 8.63. The monoisotopic (exact) mass is 336 g/mol. The van der Waals surface area contributed by atoms with Crippen LogP contribution in [0.25, 0.3) is 0 Å². The smallest absolute Gasteiger partial charge is 0.341 e. The number of esters is 1. The molecule has 0 aromatic heterocycles. The second-order valence-electron chi connectivity index (χ2n) is 6.30. The van der Waals surface area contributed by atoms with E-state index in [-0.39, 0.29) is 0 Å². The highest BCUT2D eigenvalue weighted by Crippen LogP contribution is 2.27. The highest BCUT2D eigenvalue weighted by atomic mass is 16.7. The zero-order valence-corrected chi connectivity index (χ0v) is 15.0. The zero-order valence-electron chi connectivity index (χ0n) is 15.0. The van der Waals surface area contributed by atoms with Crippen molar-refractivity contribution in [2.24, 2.45) is 5.92 Å². The molecule has 1 heterocycles. The van der Waals surface area contributed by atoms with Gasteiger partial charge in [-0.3, -0.25) is 0 Å². The second-order valence-corrected chi connectivity index (χ2v) is 6.30. The van der Waals surface area contributed by atoms with E-state index in [9.17, 15) is 4.79 Å². The van der Waals surface area contributed by atoms with E-state index in [1.165, 1.54) is 7.11 Å². The molecule has 0 radical (unpaired) electrons. The van der Waals surface area contributed by atoms with Gasteiger partial charge in [-0.1, -0.05) is 19.9 Å². The van der Waals surface area contributed by atoms with E-state index >= 15 is 0 Å². The molecule has 5 heteroatoms. The van der Waals surface area contributed by atoms with Crippen LogP contribution in [-0.4, -0.2) is 39.2 Å². The molecule has 1 aromatic rings. The first kappa shape index (κ1) is 18.7. The maximum atomic E-state index is 12.1. The van der Waals surface area contributed by atoms with Gasteiger partial charge in [0.05, 0.1) is 20.3 Å². The summed E-state index contributed by atoms with van der Waals surface area (Å²) in [6, 6.07) is 5.67. The Balaban J connectivity index is 2.05. The average Bonchev–Trinajstić information content (AvgIpc) is 3.12. The number of ether oxygens (including phenoxy) is 4. The predicted octanol–water partition coefficient (Wildman–Crippen LogP) is 3.76. The maximum absolute atomic E-state index is 12.1. The number of benzene rings is 1. The van der Waals surface area contributed by atoms with Gasteiger partial charge in [0.2, 0.25) is 0 Å². The van der Waals surface area contributed by atoms with E-state index in [4.69, 9.17) is 18.9 Å². The average molecular weight is 336 g/mol. The molecule has 1 fully saturated rings. The highest BCUT2D eigenvalue weighted by Gasteiger charge is 2.20. The van der Waals surface area contributed by atoms with Crippen LogP contribution < -0.4 is 4.74 Å². The van der Waals surface area contributed by atoms with E-state index in [0.717, 1.165) is 31.6 Å². The summed E-state index contributed by atoms with van der Waals surface area (Å²) < 4.78 is 21.8. The van der Waals surface area contributed by atoms with Gasteiger partial charge in [-0.15, -0.1) is 0 Å². The Kier molecular flexibility index (Phi) is 7.06. The Morgan fingerprint density at radius 2 is 2.17 bits per heavy atom. The lowest BCUT2D eigenvalue weighted by atomic mass is 9.96. The van der Waals surface area contributed by atoms with Gasteiger partial charge in [-0.05, 0) is 43.4 Å². The molecule has 24 heavy (non-hydrogen) atoms. The number of hydrogen-bond acceptors (Lipinski definition) is 5. The van der Waals surface area contributed by atoms with Crippen molar-refractivity contribution in [3.05, 3.63) is 29.3 Å². The Labute approximate surface area is 144 Å². The number of rotatable bonds is 8. The zero-order chi connectivity index (χ0) is 17.5. The van der Waals surface area contributed by atoms with Crippen LogP contribution in [0.15, 0.2) is 18.2 Å². The van der Waals surface area contributed by atoms with Crippen LogP contribution in [0.1, 0.15) is 55.5 Å². The van der Waals surface area contributed by atoms with E-state index in [1.54, 1.807) is 0 Å². The van der Waals surface area contributed by atoms with Crippen molar-refractivity contribution in [2.45, 2.75) is 45.8 Å². The van der Waals surface area contributed by atoms with Crippen molar-refractivity contribution in [2.75, 3.05) is 26.9 Å². The van der Waals surface area contributed by atoms with Crippen molar-refractivity contribution in [1.82, 2.24) is 0 Å². The summed E-state index contributed by atoms with van der Waals surface area (Å²) in [7, 11) is 1.38. The van der Waals surface area contributed by atoms with Crippen LogP contribution >= 0.6 is 0 Å². The Bertz CT molecular complexity index is 537. The van der Waals surface area contributed by atoms with E-state index < -0.39 is 12.3 Å². The third kappa shape index (κ3) is 4.95. The van der Waals surface area contributed by atoms with Crippen LogP contribution in [0.5, 0.6) is 5.75 Å². The topological polar surface area (TPSA) is 54.0 Å². The highest BCUT2D eigenvalue weighted by molar-refractivity contribution is 5.92. The van der Waals surface area contributed by atoms with Crippen LogP contribution in [-0.2, 0) is 14.2 Å². The van der Waals surface area contributed by atoms with Gasteiger partial charge >= 0.3 is 5.97 Å². The first-order chi connectivity index (χ1) is 11.5. The summed E-state index contributed by atoms with van der Waals surface area (Å²) in [5.74, 6) is 0.887. The minimum Gasteiger partial charge on any atom is -0.465 e. The first-order valence-corrected chi connectivity index (χ1v) is 8.63. The summed E-state index contributed by atoms with van der Waals surface area (Å²) in [6.07, 6.45) is 1.58. The van der Waals surface area contributed by atoms with Crippen molar-refractivity contribution in [3.63, 3.8) is 0 Å². The van der Waals surface area contributed by atoms with Gasteiger partial charge in [0.25, 0.3) is 0 Å². The Morgan fingerprint density at radius 3 is 2.79 bits per heavy atom. The van der Waals surface area contributed by atoms with Gasteiger partial charge in [-0.2, -0.15) is 0 Å². The molecule has 134 valence electrons. The van der Waals surface area contributed by atoms with Crippen LogP contribution in [0, 0.1) is 5.92 Å². The SMILES string of the molecule is CCC(C)c1ccc(OC(C)OCC2CCOC2)c(C(=O)OC)c1. The van der Waals surface area contributed by atoms with Gasteiger partial charge in [0.15, 0.2) is 6.29 Å². The lowest BCUT2D eigenvalue weighted by molar-refractivity contribution is -0.0793. The minimum atomic E-state index is -0.441. The normalized spacial score (nSPS) is 19.8. The van der Waals surface area contributed by atoms with Crippen molar-refractivity contribution < 1.29 is 23.7 Å². The molecule has 0 saturated carbocycles. The molecule has 0 aliphatic carbocycles. The minimum absolute atomic E-state index is 0.374. The number of methoxy groups -OCH3 is 1. The maximum Gasteiger partial charge on any atom is 0.341 e. The molecule has 3 unspecified atom stereocenters. The van der Waals surface area contributed by atoms with E-state index in [0.29, 0.717) is 29.8 Å². The molecule has 0 spiro atoms. The molecule has 2 rings (SSSR count). The van der Waals surface area contributed by atoms with Gasteiger partial charge in [0, 0.05) is 12.5 Å². The summed E-state index contributed by atoms with van der Waals surface area (Å²) in [5, 5.41) is 0. The fourth-order valence-corrected chi connectivity index (χ4v) is 2.66. The summed E-state index contributed by atoms with van der Waals surface area (Å²) in [6.45, 7) is 8.22. The molecule has 1 aliphatic heterocycles. The molecule has 0 bridgehead atoms. The lowest BCUT2D eigenvalue weighted by Crippen LogP contribution is -2.22. The van der Waals surface area contributed by atoms with Gasteiger partial charge in [-0.25, -0.2) is 4.79 Å². The molecule has 1 aromatic carbocycles. The molecule has 3 atom stereocenters. The van der Waals surface area contributed by atoms with Crippen LogP contribution in [0.4, 0.5) is 0 Å². The third-order valence-electron chi connectivity index (χ3n) is 4.47. The number of carbonyl (C=O) groups is 1. The largest absolute Gasteiger partial charge is 0.465 e. The second kappa shape index (κ2) is 9.04. The standard InChI is InChI=1S/C19H28O5/c1-5-13(2)16-6-7-18(17(10-16)19(20)21-4)24-14(3)23-12-15-8-9-22-11-15/h6-7,10,13-15H,5,8-9,11-12H2,1-4H3. The van der Waals surface area contributed by atoms with Crippen LogP contribution in [0.3, 0.4) is 0 Å². The van der Waals surface area contributed by atoms with Crippen molar-refractivity contribution in [1.29, 1.82) is 0 Å².